The van der Waals surface area contributed by atoms with Gasteiger partial charge in [-0.25, -0.2) is 0 Å². The molecule has 0 radical (unpaired) electrons. The van der Waals surface area contributed by atoms with Crippen LogP contribution >= 0.6 is 0 Å². The molecule has 35 heavy (non-hydrogen) atoms. The number of hydrogen-bond acceptors (Lipinski definition) is 7. The number of carbonyl (C=O) groups excluding carboxylic acids is 2. The number of ether oxygens (including phenoxy) is 3. The largest absolute Gasteiger partial charge is 0.458 e. The van der Waals surface area contributed by atoms with E-state index in [1.54, 1.807) is 6.08 Å². The second-order valence-corrected chi connectivity index (χ2v) is 12.7. The molecule has 4 aliphatic rings. The van der Waals surface area contributed by atoms with E-state index in [-0.39, 0.29) is 29.8 Å². The number of aliphatic hydroxyl groups excluding tert-OH is 1. The van der Waals surface area contributed by atoms with Gasteiger partial charge in [-0.05, 0) is 56.4 Å². The molecule has 0 aromatic rings. The Labute approximate surface area is 209 Å². The second-order valence-electron chi connectivity index (χ2n) is 12.7. The van der Waals surface area contributed by atoms with Crippen LogP contribution in [0.3, 0.4) is 0 Å². The van der Waals surface area contributed by atoms with Crippen LogP contribution in [0.5, 0.6) is 0 Å². The topological polar surface area (TPSA) is 102 Å². The van der Waals surface area contributed by atoms with E-state index in [1.165, 1.54) is 13.8 Å². The Balaban J connectivity index is 2.02. The van der Waals surface area contributed by atoms with Crippen molar-refractivity contribution < 1.29 is 34.0 Å². The number of esters is 2. The molecule has 0 spiro atoms. The highest BCUT2D eigenvalue weighted by Crippen LogP contribution is 2.73. The van der Waals surface area contributed by atoms with E-state index in [9.17, 15) is 19.8 Å². The van der Waals surface area contributed by atoms with Gasteiger partial charge in [0, 0.05) is 36.5 Å². The third-order valence-electron chi connectivity index (χ3n) is 10.8. The number of fused-ring (bicyclic) bond motifs is 5. The summed E-state index contributed by atoms with van der Waals surface area (Å²) >= 11 is 0. The van der Waals surface area contributed by atoms with Gasteiger partial charge in [0.2, 0.25) is 0 Å². The fraction of sp³-hybridized carbons (Fsp3) is 0.857. The molecule has 4 rings (SSSR count). The number of rotatable bonds is 3. The highest BCUT2D eigenvalue weighted by atomic mass is 16.6. The fourth-order valence-electron chi connectivity index (χ4n) is 9.38. The number of carbonyl (C=O) groups is 2. The summed E-state index contributed by atoms with van der Waals surface area (Å²) in [7, 11) is 0. The van der Waals surface area contributed by atoms with Crippen molar-refractivity contribution in [3.05, 3.63) is 11.6 Å². The Morgan fingerprint density at radius 1 is 1.11 bits per heavy atom. The molecule has 1 aliphatic heterocycles. The highest BCUT2D eigenvalue weighted by molar-refractivity contribution is 5.67. The maximum absolute atomic E-state index is 12.6. The van der Waals surface area contributed by atoms with E-state index in [0.717, 1.165) is 18.4 Å². The number of hydrogen-bond donors (Lipinski definition) is 2. The van der Waals surface area contributed by atoms with Crippen molar-refractivity contribution in [3.63, 3.8) is 0 Å². The Morgan fingerprint density at radius 3 is 2.26 bits per heavy atom. The summed E-state index contributed by atoms with van der Waals surface area (Å²) in [6, 6.07) is 0. The van der Waals surface area contributed by atoms with Crippen molar-refractivity contribution in [2.45, 2.75) is 105 Å². The minimum absolute atomic E-state index is 0.0121. The standard InChI is InChI=1S/C28H44O7/c1-14(2)28-13-33-16(4)22(28)25(7)11-10-19-26(8,20(31)12-15(3)27(19,9)32)23(25)21(34-17(5)29)24(28)35-18(6)30/h12,14,16,19-24,31-32H,10-11,13H2,1-9H3. The van der Waals surface area contributed by atoms with E-state index in [1.807, 2.05) is 20.8 Å². The van der Waals surface area contributed by atoms with Gasteiger partial charge in [-0.15, -0.1) is 0 Å². The molecule has 11 atom stereocenters. The van der Waals surface area contributed by atoms with E-state index in [2.05, 4.69) is 27.7 Å². The molecule has 2 saturated carbocycles. The molecule has 3 fully saturated rings. The summed E-state index contributed by atoms with van der Waals surface area (Å²) in [6.07, 6.45) is 0.812. The van der Waals surface area contributed by atoms with Crippen LogP contribution in [0.15, 0.2) is 11.6 Å². The maximum Gasteiger partial charge on any atom is 0.303 e. The zero-order chi connectivity index (χ0) is 26.3. The lowest BCUT2D eigenvalue weighted by Crippen LogP contribution is -2.75. The van der Waals surface area contributed by atoms with Crippen LogP contribution in [0.2, 0.25) is 0 Å². The van der Waals surface area contributed by atoms with Gasteiger partial charge in [0.15, 0.2) is 0 Å². The molecule has 0 amide bonds. The molecular formula is C28H44O7. The van der Waals surface area contributed by atoms with Crippen molar-refractivity contribution in [2.24, 2.45) is 39.9 Å². The maximum atomic E-state index is 12.6. The van der Waals surface area contributed by atoms with Crippen LogP contribution in [-0.2, 0) is 23.8 Å². The van der Waals surface area contributed by atoms with E-state index in [0.29, 0.717) is 6.61 Å². The summed E-state index contributed by atoms with van der Waals surface area (Å²) in [5.74, 6) is -1.41. The average Bonchev–Trinajstić information content (AvgIpc) is 3.08. The van der Waals surface area contributed by atoms with Gasteiger partial charge in [-0.2, -0.15) is 0 Å². The van der Waals surface area contributed by atoms with Gasteiger partial charge in [-0.1, -0.05) is 33.8 Å². The normalized spacial score (nSPS) is 51.1. The first-order valence-corrected chi connectivity index (χ1v) is 13.1. The molecule has 0 aromatic carbocycles. The first-order chi connectivity index (χ1) is 16.1. The highest BCUT2D eigenvalue weighted by Gasteiger charge is 2.77. The van der Waals surface area contributed by atoms with Crippen molar-refractivity contribution >= 4 is 11.9 Å². The second kappa shape index (κ2) is 8.29. The van der Waals surface area contributed by atoms with Gasteiger partial charge in [0.1, 0.15) is 12.2 Å². The van der Waals surface area contributed by atoms with Crippen LogP contribution in [-0.4, -0.2) is 58.8 Å². The molecule has 3 aliphatic carbocycles. The molecular weight excluding hydrogens is 448 g/mol. The van der Waals surface area contributed by atoms with Gasteiger partial charge in [-0.3, -0.25) is 9.59 Å². The van der Waals surface area contributed by atoms with Crippen LogP contribution in [0.1, 0.15) is 75.2 Å². The zero-order valence-corrected chi connectivity index (χ0v) is 22.8. The Bertz CT molecular complexity index is 924. The monoisotopic (exact) mass is 492 g/mol. The van der Waals surface area contributed by atoms with Crippen molar-refractivity contribution in [3.8, 4) is 0 Å². The third kappa shape index (κ3) is 3.40. The Hall–Kier alpha value is -1.44. The molecule has 0 aromatic heterocycles. The Morgan fingerprint density at radius 2 is 1.71 bits per heavy atom. The summed E-state index contributed by atoms with van der Waals surface area (Å²) in [5.41, 5.74) is -2.12. The SMILES string of the molecule is CC(=O)OC1C2C(C)(CCC3C(C)(O)C(C)=CC(O)C32C)C2C(C)OCC2(C(C)C)C1OC(C)=O. The molecule has 11 unspecified atom stereocenters. The molecule has 7 heteroatoms. The molecule has 2 N–H and O–H groups in total. The first-order valence-electron chi connectivity index (χ1n) is 13.1. The molecule has 1 saturated heterocycles. The lowest BCUT2D eigenvalue weighted by atomic mass is 9.35. The minimum Gasteiger partial charge on any atom is -0.458 e. The summed E-state index contributed by atoms with van der Waals surface area (Å²) in [5, 5.41) is 23.3. The van der Waals surface area contributed by atoms with Crippen molar-refractivity contribution in [1.82, 2.24) is 0 Å². The first kappa shape index (κ1) is 26.6. The van der Waals surface area contributed by atoms with Crippen LogP contribution < -0.4 is 0 Å². The summed E-state index contributed by atoms with van der Waals surface area (Å²) in [6.45, 7) is 17.4. The average molecular weight is 493 g/mol. The van der Waals surface area contributed by atoms with E-state index >= 15 is 0 Å². The molecule has 1 heterocycles. The fourth-order valence-corrected chi connectivity index (χ4v) is 9.38. The van der Waals surface area contributed by atoms with Gasteiger partial charge in [0.25, 0.3) is 0 Å². The summed E-state index contributed by atoms with van der Waals surface area (Å²) < 4.78 is 18.6. The smallest absolute Gasteiger partial charge is 0.303 e. The predicted octanol–water partition coefficient (Wildman–Crippen LogP) is 3.65. The lowest BCUT2D eigenvalue weighted by molar-refractivity contribution is -0.291. The lowest BCUT2D eigenvalue weighted by Gasteiger charge is -2.70. The quantitative estimate of drug-likeness (QED) is 0.458. The zero-order valence-electron chi connectivity index (χ0n) is 22.8. The predicted molar refractivity (Wildman–Crippen MR) is 130 cm³/mol. The molecule has 7 nitrogen and oxygen atoms in total. The molecule has 0 bridgehead atoms. The van der Waals surface area contributed by atoms with E-state index < -0.39 is 52.1 Å². The van der Waals surface area contributed by atoms with Gasteiger partial charge >= 0.3 is 11.9 Å². The van der Waals surface area contributed by atoms with Crippen LogP contribution in [0.25, 0.3) is 0 Å². The Kier molecular flexibility index (Phi) is 6.30. The van der Waals surface area contributed by atoms with Crippen molar-refractivity contribution in [2.75, 3.05) is 6.61 Å². The number of aliphatic hydroxyl groups is 2. The minimum atomic E-state index is -1.11. The van der Waals surface area contributed by atoms with E-state index in [4.69, 9.17) is 14.2 Å². The summed E-state index contributed by atoms with van der Waals surface area (Å²) in [4.78, 5) is 25.0. The van der Waals surface area contributed by atoms with Gasteiger partial charge in [0.05, 0.1) is 24.4 Å². The molecule has 198 valence electrons. The van der Waals surface area contributed by atoms with Gasteiger partial charge < -0.3 is 24.4 Å². The third-order valence-corrected chi connectivity index (χ3v) is 10.8. The van der Waals surface area contributed by atoms with Crippen LogP contribution in [0.4, 0.5) is 0 Å². The van der Waals surface area contributed by atoms with Crippen LogP contribution in [0, 0.1) is 39.9 Å². The van der Waals surface area contributed by atoms with Crippen molar-refractivity contribution in [1.29, 1.82) is 0 Å².